The Bertz CT molecular complexity index is 1010. The number of benzene rings is 1. The Kier molecular flexibility index (Phi) is 4.55. The fraction of sp³-hybridized carbons (Fsp3) is 0.333. The molecule has 2 aliphatic heterocycles. The molecule has 3 heterocycles. The number of anilines is 1. The number of nitrogens with zero attached hydrogens (tertiary/aromatic N) is 2. The van der Waals surface area contributed by atoms with Crippen LogP contribution in [0.2, 0.25) is 0 Å². The highest BCUT2D eigenvalue weighted by Crippen LogP contribution is 2.35. The molecule has 0 atom stereocenters. The van der Waals surface area contributed by atoms with Crippen molar-refractivity contribution in [2.24, 2.45) is 0 Å². The number of carbonyl (C=O) groups excluding carboxylic acids is 2. The number of nitrogens with one attached hydrogen (secondary N) is 2. The smallest absolute Gasteiger partial charge is 0.256 e. The van der Waals surface area contributed by atoms with Gasteiger partial charge in [0.25, 0.3) is 11.8 Å². The maximum absolute atomic E-state index is 13.7. The third kappa shape index (κ3) is 3.11. The molecule has 0 saturated heterocycles. The van der Waals surface area contributed by atoms with Crippen LogP contribution >= 0.6 is 0 Å². The van der Waals surface area contributed by atoms with E-state index in [0.29, 0.717) is 35.5 Å². The quantitative estimate of drug-likeness (QED) is 0.799. The fourth-order valence-corrected chi connectivity index (χ4v) is 3.79. The highest BCUT2D eigenvalue weighted by Gasteiger charge is 2.30. The van der Waals surface area contributed by atoms with Gasteiger partial charge >= 0.3 is 0 Å². The first-order chi connectivity index (χ1) is 13.3. The van der Waals surface area contributed by atoms with Crippen molar-refractivity contribution in [2.45, 2.75) is 13.3 Å². The van der Waals surface area contributed by atoms with Crippen LogP contribution in [0, 0.1) is 12.7 Å². The van der Waals surface area contributed by atoms with Crippen molar-refractivity contribution in [3.05, 3.63) is 52.1 Å². The molecule has 0 unspecified atom stereocenters. The van der Waals surface area contributed by atoms with Gasteiger partial charge in [0.1, 0.15) is 5.82 Å². The number of aromatic nitrogens is 1. The van der Waals surface area contributed by atoms with Crippen LogP contribution in [0.1, 0.15) is 32.9 Å². The van der Waals surface area contributed by atoms with Gasteiger partial charge in [-0.1, -0.05) is 0 Å². The van der Waals surface area contributed by atoms with Gasteiger partial charge in [0.2, 0.25) is 0 Å². The maximum Gasteiger partial charge on any atom is 0.256 e. The Morgan fingerprint density at radius 3 is 2.82 bits per heavy atom. The third-order valence-electron chi connectivity index (χ3n) is 5.37. The molecule has 2 aliphatic rings. The second-order valence-corrected chi connectivity index (χ2v) is 7.56. The van der Waals surface area contributed by atoms with Gasteiger partial charge in [-0.2, -0.15) is 0 Å². The van der Waals surface area contributed by atoms with Crippen LogP contribution in [-0.4, -0.2) is 60.3 Å². The van der Waals surface area contributed by atoms with E-state index in [4.69, 9.17) is 0 Å². The van der Waals surface area contributed by atoms with Crippen LogP contribution in [0.25, 0.3) is 11.6 Å². The van der Waals surface area contributed by atoms with Crippen LogP contribution < -0.4 is 5.32 Å². The van der Waals surface area contributed by atoms with Gasteiger partial charge in [-0.15, -0.1) is 0 Å². The Morgan fingerprint density at radius 1 is 1.29 bits per heavy atom. The summed E-state index contributed by atoms with van der Waals surface area (Å²) in [7, 11) is 3.97. The predicted octanol–water partition coefficient (Wildman–Crippen LogP) is 2.51. The minimum Gasteiger partial charge on any atom is -0.358 e. The first kappa shape index (κ1) is 18.4. The van der Waals surface area contributed by atoms with E-state index in [2.05, 4.69) is 15.2 Å². The summed E-state index contributed by atoms with van der Waals surface area (Å²) >= 11 is 0. The van der Waals surface area contributed by atoms with Gasteiger partial charge in [0, 0.05) is 48.7 Å². The molecule has 4 rings (SSSR count). The first-order valence-electron chi connectivity index (χ1n) is 9.33. The number of hydrogen-bond donors (Lipinski definition) is 2. The van der Waals surface area contributed by atoms with Crippen molar-refractivity contribution in [2.75, 3.05) is 39.0 Å². The van der Waals surface area contributed by atoms with Crippen molar-refractivity contribution in [3.8, 4) is 0 Å². The zero-order valence-electron chi connectivity index (χ0n) is 16.2. The zero-order valence-corrected chi connectivity index (χ0v) is 16.2. The van der Waals surface area contributed by atoms with Crippen LogP contribution in [0.4, 0.5) is 10.1 Å². The molecule has 7 heteroatoms. The van der Waals surface area contributed by atoms with E-state index in [1.54, 1.807) is 12.1 Å². The summed E-state index contributed by atoms with van der Waals surface area (Å²) in [6.07, 6.45) is 2.46. The second-order valence-electron chi connectivity index (χ2n) is 7.56. The lowest BCUT2D eigenvalue weighted by molar-refractivity contribution is -0.110. The molecule has 0 fully saturated rings. The maximum atomic E-state index is 13.7. The summed E-state index contributed by atoms with van der Waals surface area (Å²) in [6, 6.07) is 4.23. The van der Waals surface area contributed by atoms with Gasteiger partial charge in [-0.3, -0.25) is 9.59 Å². The molecular formula is C21H23FN4O2. The Balaban J connectivity index is 1.69. The highest BCUT2D eigenvalue weighted by atomic mass is 19.1. The Hall–Kier alpha value is -2.93. The van der Waals surface area contributed by atoms with E-state index in [-0.39, 0.29) is 11.8 Å². The molecule has 2 N–H and O–H groups in total. The minimum atomic E-state index is -0.393. The molecule has 28 heavy (non-hydrogen) atoms. The average Bonchev–Trinajstić information content (AvgIpc) is 3.12. The van der Waals surface area contributed by atoms with Gasteiger partial charge in [-0.25, -0.2) is 4.39 Å². The predicted molar refractivity (Wildman–Crippen MR) is 107 cm³/mol. The number of aromatic amines is 1. The molecule has 1 aromatic heterocycles. The van der Waals surface area contributed by atoms with Crippen molar-refractivity contribution in [1.29, 1.82) is 0 Å². The molecule has 0 saturated carbocycles. The topological polar surface area (TPSA) is 68.4 Å². The summed E-state index contributed by atoms with van der Waals surface area (Å²) in [6.45, 7) is 4.05. The summed E-state index contributed by atoms with van der Waals surface area (Å²) in [5.74, 6) is -0.648. The van der Waals surface area contributed by atoms with Crippen molar-refractivity contribution in [1.82, 2.24) is 14.8 Å². The van der Waals surface area contributed by atoms with Crippen LogP contribution in [0.3, 0.4) is 0 Å². The van der Waals surface area contributed by atoms with E-state index in [1.165, 1.54) is 12.1 Å². The largest absolute Gasteiger partial charge is 0.358 e. The van der Waals surface area contributed by atoms with E-state index < -0.39 is 5.82 Å². The number of rotatable bonds is 4. The van der Waals surface area contributed by atoms with E-state index in [1.807, 2.05) is 25.9 Å². The molecule has 0 bridgehead atoms. The Morgan fingerprint density at radius 2 is 2.07 bits per heavy atom. The third-order valence-corrected chi connectivity index (χ3v) is 5.37. The highest BCUT2D eigenvalue weighted by molar-refractivity contribution is 6.34. The molecule has 0 spiro atoms. The summed E-state index contributed by atoms with van der Waals surface area (Å²) in [5.41, 5.74) is 4.65. The number of amides is 2. The number of hydrogen-bond acceptors (Lipinski definition) is 3. The number of likely N-dealkylation sites (N-methyl/N-ethyl adjacent to an activating group) is 1. The summed E-state index contributed by atoms with van der Waals surface area (Å²) < 4.78 is 13.7. The van der Waals surface area contributed by atoms with Gasteiger partial charge in [0.05, 0.1) is 11.1 Å². The zero-order chi connectivity index (χ0) is 20.0. The normalized spacial score (nSPS) is 17.3. The molecule has 146 valence electrons. The van der Waals surface area contributed by atoms with E-state index in [9.17, 15) is 14.0 Å². The average molecular weight is 382 g/mol. The lowest BCUT2D eigenvalue weighted by Gasteiger charge is -2.28. The number of carbonyl (C=O) groups is 2. The molecule has 2 aromatic rings. The monoisotopic (exact) mass is 382 g/mol. The standard InChI is InChI=1S/C21H23FN4O2/c1-12-18(11-15-14-10-13(22)4-5-16(14)24-20(15)27)23-17-6-7-26(9-8-25(2)3)21(28)19(12)17/h4-5,10-11,23H,6-9H2,1-3H3,(H,24,27)/b15-11-. The number of halogens is 1. The first-order valence-corrected chi connectivity index (χ1v) is 9.33. The minimum absolute atomic E-state index is 0.0174. The van der Waals surface area contributed by atoms with Gasteiger partial charge in [-0.05, 0) is 50.9 Å². The Labute approximate surface area is 163 Å². The lowest BCUT2D eigenvalue weighted by Crippen LogP contribution is -2.41. The van der Waals surface area contributed by atoms with Crippen LogP contribution in [0.5, 0.6) is 0 Å². The number of fused-ring (bicyclic) bond motifs is 2. The molecule has 0 aliphatic carbocycles. The van der Waals surface area contributed by atoms with Crippen molar-refractivity contribution >= 4 is 29.2 Å². The molecule has 6 nitrogen and oxygen atoms in total. The van der Waals surface area contributed by atoms with Crippen LogP contribution in [0.15, 0.2) is 18.2 Å². The summed E-state index contributed by atoms with van der Waals surface area (Å²) in [5, 5.41) is 2.75. The molecule has 2 amide bonds. The fourth-order valence-electron chi connectivity index (χ4n) is 3.79. The van der Waals surface area contributed by atoms with E-state index >= 15 is 0 Å². The molecular weight excluding hydrogens is 359 g/mol. The van der Waals surface area contributed by atoms with E-state index in [0.717, 1.165) is 29.9 Å². The second kappa shape index (κ2) is 6.91. The SMILES string of the molecule is Cc1c(/C=C2\C(=O)Nc3ccc(F)cc32)[nH]c2c1C(=O)N(CCN(C)C)CC2. The lowest BCUT2D eigenvalue weighted by atomic mass is 10.0. The van der Waals surface area contributed by atoms with Crippen LogP contribution in [-0.2, 0) is 11.2 Å². The molecule has 0 radical (unpaired) electrons. The van der Waals surface area contributed by atoms with Gasteiger partial charge in [0.15, 0.2) is 0 Å². The van der Waals surface area contributed by atoms with Crippen molar-refractivity contribution < 1.29 is 14.0 Å². The van der Waals surface area contributed by atoms with Gasteiger partial charge < -0.3 is 20.1 Å². The summed E-state index contributed by atoms with van der Waals surface area (Å²) in [4.78, 5) is 32.5. The molecule has 1 aromatic carbocycles. The number of H-pyrrole nitrogens is 1. The van der Waals surface area contributed by atoms with Crippen molar-refractivity contribution in [3.63, 3.8) is 0 Å².